The Labute approximate surface area is 242 Å². The number of carbonyl (C=O) groups excluding carboxylic acids is 3. The Balaban J connectivity index is 0.000000245. The molecular formula is C30H37F2N5O5. The van der Waals surface area contributed by atoms with Crippen molar-refractivity contribution in [1.29, 1.82) is 0 Å². The van der Waals surface area contributed by atoms with Crippen LogP contribution in [0.5, 0.6) is 0 Å². The molecule has 3 aromatic rings. The van der Waals surface area contributed by atoms with Crippen molar-refractivity contribution >= 4 is 28.7 Å². The Kier molecular flexibility index (Phi) is 10.9. The highest BCUT2D eigenvalue weighted by molar-refractivity contribution is 6.09. The zero-order chi connectivity index (χ0) is 31.0. The Morgan fingerprint density at radius 3 is 2.48 bits per heavy atom. The molecule has 0 fully saturated rings. The van der Waals surface area contributed by atoms with Crippen molar-refractivity contribution in [2.75, 3.05) is 13.7 Å². The number of nitrogens with two attached hydrogens (primary N) is 3. The third-order valence-electron chi connectivity index (χ3n) is 7.42. The minimum absolute atomic E-state index is 0.00396. The number of rotatable bonds is 10. The van der Waals surface area contributed by atoms with Crippen LogP contribution in [0.3, 0.4) is 0 Å². The number of pyridine rings is 1. The summed E-state index contributed by atoms with van der Waals surface area (Å²) in [6.07, 6.45) is 4.13. The van der Waals surface area contributed by atoms with E-state index in [1.165, 1.54) is 6.07 Å². The van der Waals surface area contributed by atoms with Crippen LogP contribution >= 0.6 is 0 Å². The van der Waals surface area contributed by atoms with Gasteiger partial charge in [-0.15, -0.1) is 0 Å². The molecule has 12 heteroatoms. The minimum atomic E-state index is -1.95. The molecule has 226 valence electrons. The monoisotopic (exact) mass is 585 g/mol. The number of carbonyl (C=O) groups is 3. The van der Waals surface area contributed by atoms with Gasteiger partial charge in [0.05, 0.1) is 18.7 Å². The van der Waals surface area contributed by atoms with Crippen molar-refractivity contribution < 1.29 is 27.9 Å². The molecule has 3 atom stereocenters. The van der Waals surface area contributed by atoms with Crippen molar-refractivity contribution in [3.05, 3.63) is 81.6 Å². The number of aromatic nitrogens is 1. The van der Waals surface area contributed by atoms with Gasteiger partial charge in [-0.2, -0.15) is 0 Å². The van der Waals surface area contributed by atoms with E-state index in [4.69, 9.17) is 17.2 Å². The van der Waals surface area contributed by atoms with Gasteiger partial charge in [0.1, 0.15) is 0 Å². The van der Waals surface area contributed by atoms with Crippen molar-refractivity contribution in [3.8, 4) is 0 Å². The standard InChI is InChI=1S/C17H26N4O4.C13H11F2NO/c1-25-16(24)17(15(20)23,9-5-6-10-18)21-14(22)13(19)11-12-7-3-2-4-8-12;1-7-2-3-8-12(15)10(14)6-9-11(17)4-5-16(7)13(8)9/h2-4,7-8,13H,5-6,9-11,18-19H2,1H3,(H2,20,23)(H,21,22);4-7H,2-3H2,1H3/t13-,17+;7-/m01/s1. The number of halogens is 2. The van der Waals surface area contributed by atoms with Gasteiger partial charge in [-0.25, -0.2) is 13.6 Å². The molecule has 0 saturated heterocycles. The van der Waals surface area contributed by atoms with Gasteiger partial charge in [0.25, 0.3) is 5.91 Å². The third kappa shape index (κ3) is 7.00. The van der Waals surface area contributed by atoms with Crippen molar-refractivity contribution in [3.63, 3.8) is 0 Å². The topological polar surface area (TPSA) is 173 Å². The van der Waals surface area contributed by atoms with Crippen LogP contribution < -0.4 is 27.9 Å². The van der Waals surface area contributed by atoms with Crippen LogP contribution in [0.25, 0.3) is 10.9 Å². The lowest BCUT2D eigenvalue weighted by molar-refractivity contribution is -0.156. The van der Waals surface area contributed by atoms with E-state index in [0.717, 1.165) is 25.2 Å². The molecule has 2 aromatic carbocycles. The molecule has 0 aliphatic carbocycles. The summed E-state index contributed by atoms with van der Waals surface area (Å²) < 4.78 is 33.7. The number of unbranched alkanes of at least 4 members (excludes halogenated alkanes) is 1. The molecule has 0 bridgehead atoms. The fraction of sp³-hybridized carbons (Fsp3) is 0.400. The first kappa shape index (κ1) is 32.4. The lowest BCUT2D eigenvalue weighted by Crippen LogP contribution is -2.65. The molecule has 7 N–H and O–H groups in total. The molecule has 1 aromatic heterocycles. The molecule has 0 radical (unpaired) electrons. The maximum absolute atomic E-state index is 13.7. The first-order valence-electron chi connectivity index (χ1n) is 13.7. The number of hydrogen-bond donors (Lipinski definition) is 4. The highest BCUT2D eigenvalue weighted by atomic mass is 19.2. The van der Waals surface area contributed by atoms with Gasteiger partial charge in [-0.1, -0.05) is 30.3 Å². The average Bonchev–Trinajstić information content (AvgIpc) is 2.97. The number of benzene rings is 2. The number of hydrogen-bond acceptors (Lipinski definition) is 7. The van der Waals surface area contributed by atoms with E-state index in [2.05, 4.69) is 10.1 Å². The van der Waals surface area contributed by atoms with Crippen LogP contribution in [-0.2, 0) is 32.0 Å². The van der Waals surface area contributed by atoms with E-state index in [9.17, 15) is 28.0 Å². The number of ether oxygens (including phenoxy) is 1. The second-order valence-corrected chi connectivity index (χ2v) is 10.3. The number of primary amides is 1. The van der Waals surface area contributed by atoms with Gasteiger partial charge < -0.3 is 31.8 Å². The molecule has 2 heterocycles. The lowest BCUT2D eigenvalue weighted by Gasteiger charge is -2.30. The Bertz CT molecular complexity index is 1500. The molecule has 1 aliphatic rings. The minimum Gasteiger partial charge on any atom is -0.467 e. The van der Waals surface area contributed by atoms with E-state index in [1.54, 1.807) is 6.20 Å². The molecule has 10 nitrogen and oxygen atoms in total. The molecule has 0 spiro atoms. The summed E-state index contributed by atoms with van der Waals surface area (Å²) in [6.45, 7) is 2.39. The van der Waals surface area contributed by atoms with Gasteiger partial charge >= 0.3 is 5.97 Å². The Morgan fingerprint density at radius 2 is 1.86 bits per heavy atom. The molecule has 4 rings (SSSR count). The molecule has 0 unspecified atom stereocenters. The van der Waals surface area contributed by atoms with Gasteiger partial charge in [-0.05, 0) is 63.6 Å². The average molecular weight is 586 g/mol. The van der Waals surface area contributed by atoms with E-state index in [0.29, 0.717) is 36.9 Å². The van der Waals surface area contributed by atoms with Gasteiger partial charge in [-0.3, -0.25) is 14.4 Å². The second kappa shape index (κ2) is 14.1. The van der Waals surface area contributed by atoms with Crippen LogP contribution in [0.15, 0.2) is 53.5 Å². The summed E-state index contributed by atoms with van der Waals surface area (Å²) in [4.78, 5) is 48.3. The summed E-state index contributed by atoms with van der Waals surface area (Å²) >= 11 is 0. The molecular weight excluding hydrogens is 548 g/mol. The predicted octanol–water partition coefficient (Wildman–Crippen LogP) is 1.99. The number of methoxy groups -OCH3 is 1. The fourth-order valence-corrected chi connectivity index (χ4v) is 5.03. The van der Waals surface area contributed by atoms with Crippen LogP contribution in [0.1, 0.15) is 49.8 Å². The number of nitrogens with one attached hydrogen (secondary N) is 1. The second-order valence-electron chi connectivity index (χ2n) is 10.3. The summed E-state index contributed by atoms with van der Waals surface area (Å²) in [5, 5.41) is 2.68. The first-order chi connectivity index (χ1) is 20.0. The first-order valence-corrected chi connectivity index (χ1v) is 13.7. The van der Waals surface area contributed by atoms with Crippen LogP contribution in [-0.4, -0.2) is 47.6 Å². The van der Waals surface area contributed by atoms with Crippen LogP contribution in [0.2, 0.25) is 0 Å². The smallest absolute Gasteiger partial charge is 0.341 e. The Hall–Kier alpha value is -4.16. The zero-order valence-corrected chi connectivity index (χ0v) is 23.7. The number of nitrogens with zero attached hydrogens (tertiary/aromatic N) is 1. The van der Waals surface area contributed by atoms with Crippen molar-refractivity contribution in [2.45, 2.75) is 63.1 Å². The van der Waals surface area contributed by atoms with E-state index in [1.807, 2.05) is 41.8 Å². The Morgan fingerprint density at radius 1 is 1.17 bits per heavy atom. The SMILES string of the molecule is COC(=O)[C@](CCCCN)(NC(=O)[C@@H](N)Cc1ccccc1)C(N)=O.C[C@@H]1CCc2c(F)c(F)cc3c(=O)ccn1c23. The van der Waals surface area contributed by atoms with Crippen LogP contribution in [0.4, 0.5) is 8.78 Å². The molecule has 2 amide bonds. The summed E-state index contributed by atoms with van der Waals surface area (Å²) in [6, 6.07) is 10.8. The maximum Gasteiger partial charge on any atom is 0.341 e. The number of aryl methyl sites for hydroxylation is 1. The van der Waals surface area contributed by atoms with E-state index >= 15 is 0 Å². The third-order valence-corrected chi connectivity index (χ3v) is 7.42. The van der Waals surface area contributed by atoms with Crippen molar-refractivity contribution in [1.82, 2.24) is 9.88 Å². The molecule has 0 saturated carbocycles. The number of amides is 2. The molecule has 42 heavy (non-hydrogen) atoms. The van der Waals surface area contributed by atoms with Crippen molar-refractivity contribution in [2.24, 2.45) is 17.2 Å². The lowest BCUT2D eigenvalue weighted by atomic mass is 9.90. The van der Waals surface area contributed by atoms with Crippen LogP contribution in [0, 0.1) is 11.6 Å². The largest absolute Gasteiger partial charge is 0.467 e. The predicted molar refractivity (Wildman–Crippen MR) is 154 cm³/mol. The van der Waals surface area contributed by atoms with Gasteiger partial charge in [0, 0.05) is 29.3 Å². The fourth-order valence-electron chi connectivity index (χ4n) is 5.03. The normalized spacial score (nSPS) is 16.0. The highest BCUT2D eigenvalue weighted by Gasteiger charge is 2.47. The number of esters is 1. The summed E-state index contributed by atoms with van der Waals surface area (Å²) in [5.74, 6) is -4.31. The van der Waals surface area contributed by atoms with E-state index in [-0.39, 0.29) is 29.7 Å². The van der Waals surface area contributed by atoms with Gasteiger partial charge in [0.2, 0.25) is 11.4 Å². The summed E-state index contributed by atoms with van der Waals surface area (Å²) in [7, 11) is 1.12. The zero-order valence-electron chi connectivity index (χ0n) is 23.7. The van der Waals surface area contributed by atoms with E-state index < -0.39 is 41.0 Å². The quantitative estimate of drug-likeness (QED) is 0.160. The van der Waals surface area contributed by atoms with Gasteiger partial charge in [0.15, 0.2) is 17.1 Å². The maximum atomic E-state index is 13.7. The summed E-state index contributed by atoms with van der Waals surface area (Å²) in [5.41, 5.74) is 16.3. The molecule has 1 aliphatic heterocycles. The highest BCUT2D eigenvalue weighted by Crippen LogP contribution is 2.32.